The normalized spacial score (nSPS) is 16.3. The molecule has 3 aromatic rings. The number of ether oxygens (including phenoxy) is 2. The molecule has 1 aromatic heterocycles. The van der Waals surface area contributed by atoms with E-state index in [1.54, 1.807) is 42.5 Å². The summed E-state index contributed by atoms with van der Waals surface area (Å²) in [5.41, 5.74) is 10.1. The smallest absolute Gasteiger partial charge is 0.337 e. The number of primary amides is 1. The Balaban J connectivity index is 1.49. The van der Waals surface area contributed by atoms with Crippen LogP contribution < -0.4 is 15.8 Å². The average Bonchev–Trinajstić information content (AvgIpc) is 2.92. The molecule has 1 fully saturated rings. The maximum atomic E-state index is 13.3. The van der Waals surface area contributed by atoms with Crippen molar-refractivity contribution in [2.75, 3.05) is 26.9 Å². The molecular formula is C29H32N4O6. The molecule has 10 nitrogen and oxygen atoms in total. The molecule has 1 saturated heterocycles. The van der Waals surface area contributed by atoms with Gasteiger partial charge in [0.05, 0.1) is 31.9 Å². The molecule has 2 atom stereocenters. The summed E-state index contributed by atoms with van der Waals surface area (Å²) in [5.74, 6) is -1.13. The largest absolute Gasteiger partial charge is 0.619 e. The monoisotopic (exact) mass is 532 g/mol. The van der Waals surface area contributed by atoms with Gasteiger partial charge in [0.25, 0.3) is 0 Å². The van der Waals surface area contributed by atoms with Gasteiger partial charge in [0, 0.05) is 29.8 Å². The molecule has 0 unspecified atom stereocenters. The van der Waals surface area contributed by atoms with Gasteiger partial charge in [-0.3, -0.25) is 14.5 Å². The predicted octanol–water partition coefficient (Wildman–Crippen LogP) is 2.26. The average molecular weight is 533 g/mol. The summed E-state index contributed by atoms with van der Waals surface area (Å²) in [6.07, 6.45) is 2.97. The van der Waals surface area contributed by atoms with E-state index >= 15 is 0 Å². The summed E-state index contributed by atoms with van der Waals surface area (Å²) in [4.78, 5) is 38.5. The summed E-state index contributed by atoms with van der Waals surface area (Å²) in [6.45, 7) is 5.32. The number of nitrogens with one attached hydrogen (secondary N) is 1. The third kappa shape index (κ3) is 6.60. The second-order valence-corrected chi connectivity index (χ2v) is 9.59. The number of pyridine rings is 1. The lowest BCUT2D eigenvalue weighted by Crippen LogP contribution is -2.53. The molecule has 204 valence electrons. The van der Waals surface area contributed by atoms with E-state index in [2.05, 4.69) is 5.32 Å². The highest BCUT2D eigenvalue weighted by Crippen LogP contribution is 2.25. The van der Waals surface area contributed by atoms with Crippen molar-refractivity contribution in [3.63, 3.8) is 0 Å². The number of esters is 1. The highest BCUT2D eigenvalue weighted by Gasteiger charge is 2.31. The lowest BCUT2D eigenvalue weighted by molar-refractivity contribution is -0.605. The standard InChI is InChI=1S/C29H32N4O6/c1-18-12-23(27(30)34)8-9-25(18)24-13-20(15-33(37)16-24)14-32-10-11-39-17-26(32)28(35)31-19(2)21-4-6-22(7-5-21)29(36)38-3/h4-9,12-13,15-16,19,26H,10-11,14,17H2,1-3H3,(H2,30,34)(H,31,35)/t19-,26+/m0/s1. The molecule has 0 radical (unpaired) electrons. The lowest BCUT2D eigenvalue weighted by Gasteiger charge is -2.35. The Morgan fingerprint density at radius 2 is 1.87 bits per heavy atom. The summed E-state index contributed by atoms with van der Waals surface area (Å²) in [7, 11) is 1.33. The fourth-order valence-corrected chi connectivity index (χ4v) is 4.71. The first-order valence-corrected chi connectivity index (χ1v) is 12.6. The Morgan fingerprint density at radius 3 is 2.54 bits per heavy atom. The number of rotatable bonds is 8. The predicted molar refractivity (Wildman–Crippen MR) is 143 cm³/mol. The Bertz CT molecular complexity index is 1370. The van der Waals surface area contributed by atoms with Crippen molar-refractivity contribution in [3.05, 3.63) is 93.9 Å². The Labute approximate surface area is 226 Å². The maximum Gasteiger partial charge on any atom is 0.337 e. The molecule has 0 saturated carbocycles. The van der Waals surface area contributed by atoms with Crippen molar-refractivity contribution in [3.8, 4) is 11.1 Å². The highest BCUT2D eigenvalue weighted by molar-refractivity contribution is 5.93. The minimum atomic E-state index is -0.545. The zero-order valence-corrected chi connectivity index (χ0v) is 22.2. The number of nitrogens with two attached hydrogens (primary N) is 1. The van der Waals surface area contributed by atoms with Crippen LogP contribution >= 0.6 is 0 Å². The molecule has 10 heteroatoms. The number of benzene rings is 2. The summed E-state index contributed by atoms with van der Waals surface area (Å²) in [6, 6.07) is 13.1. The molecule has 1 aliphatic heterocycles. The number of nitrogens with zero attached hydrogens (tertiary/aromatic N) is 2. The van der Waals surface area contributed by atoms with Crippen molar-refractivity contribution < 1.29 is 28.6 Å². The first-order valence-electron chi connectivity index (χ1n) is 12.6. The van der Waals surface area contributed by atoms with E-state index in [9.17, 15) is 19.6 Å². The zero-order valence-electron chi connectivity index (χ0n) is 22.2. The molecule has 39 heavy (non-hydrogen) atoms. The van der Waals surface area contributed by atoms with Crippen LogP contribution in [0.5, 0.6) is 0 Å². The summed E-state index contributed by atoms with van der Waals surface area (Å²) in [5, 5.41) is 15.5. The summed E-state index contributed by atoms with van der Waals surface area (Å²) < 4.78 is 11.1. The van der Waals surface area contributed by atoms with E-state index in [1.807, 2.05) is 24.8 Å². The number of aryl methyl sites for hydroxylation is 1. The second kappa shape index (κ2) is 12.1. The first kappa shape index (κ1) is 27.7. The number of hydrogen-bond acceptors (Lipinski definition) is 7. The van der Waals surface area contributed by atoms with Crippen LogP contribution in [0.2, 0.25) is 0 Å². The third-order valence-electron chi connectivity index (χ3n) is 6.84. The van der Waals surface area contributed by atoms with Crippen molar-refractivity contribution in [1.29, 1.82) is 0 Å². The zero-order chi connectivity index (χ0) is 28.1. The van der Waals surface area contributed by atoms with Crippen molar-refractivity contribution in [2.45, 2.75) is 32.5 Å². The van der Waals surface area contributed by atoms with Gasteiger partial charge in [-0.2, -0.15) is 4.73 Å². The maximum absolute atomic E-state index is 13.3. The van der Waals surface area contributed by atoms with Crippen LogP contribution in [0.15, 0.2) is 60.9 Å². The summed E-state index contributed by atoms with van der Waals surface area (Å²) >= 11 is 0. The van der Waals surface area contributed by atoms with Crippen LogP contribution in [0.25, 0.3) is 11.1 Å². The molecule has 2 heterocycles. The Morgan fingerprint density at radius 1 is 1.15 bits per heavy atom. The van der Waals surface area contributed by atoms with Crippen LogP contribution in [-0.2, 0) is 20.8 Å². The van der Waals surface area contributed by atoms with Crippen LogP contribution in [0.3, 0.4) is 0 Å². The van der Waals surface area contributed by atoms with E-state index in [1.165, 1.54) is 19.5 Å². The van der Waals surface area contributed by atoms with Gasteiger partial charge in [-0.1, -0.05) is 18.2 Å². The molecule has 4 rings (SSSR count). The number of hydrogen-bond donors (Lipinski definition) is 2. The number of aromatic nitrogens is 1. The first-order chi connectivity index (χ1) is 18.7. The molecule has 0 aliphatic carbocycles. The molecule has 0 spiro atoms. The van der Waals surface area contributed by atoms with Crippen LogP contribution in [0.4, 0.5) is 0 Å². The lowest BCUT2D eigenvalue weighted by atomic mass is 9.98. The number of methoxy groups -OCH3 is 1. The van der Waals surface area contributed by atoms with Gasteiger partial charge in [-0.05, 0) is 60.9 Å². The van der Waals surface area contributed by atoms with Gasteiger partial charge in [0.15, 0.2) is 12.4 Å². The SMILES string of the molecule is COC(=O)c1ccc([C@H](C)NC(=O)[C@H]2COCCN2Cc2cc(-c3ccc(C(N)=O)cc3C)c[n+]([O-])c2)cc1. The Hall–Kier alpha value is -4.28. The van der Waals surface area contributed by atoms with Crippen molar-refractivity contribution in [1.82, 2.24) is 10.2 Å². The number of amides is 2. The minimum absolute atomic E-state index is 0.191. The van der Waals surface area contributed by atoms with E-state index in [0.29, 0.717) is 36.4 Å². The van der Waals surface area contributed by atoms with Gasteiger partial charge >= 0.3 is 5.97 Å². The van der Waals surface area contributed by atoms with Gasteiger partial charge in [0.2, 0.25) is 11.8 Å². The van der Waals surface area contributed by atoms with Crippen LogP contribution in [0, 0.1) is 12.1 Å². The molecule has 1 aliphatic rings. The van der Waals surface area contributed by atoms with Crippen LogP contribution in [0.1, 0.15) is 50.4 Å². The molecule has 0 bridgehead atoms. The van der Waals surface area contributed by atoms with E-state index in [4.69, 9.17) is 15.2 Å². The number of carbonyl (C=O) groups excluding carboxylic acids is 3. The third-order valence-corrected chi connectivity index (χ3v) is 6.84. The fraction of sp³-hybridized carbons (Fsp3) is 0.310. The van der Waals surface area contributed by atoms with Gasteiger partial charge in [-0.15, -0.1) is 0 Å². The number of carbonyl (C=O) groups is 3. The topological polar surface area (TPSA) is 138 Å². The quantitative estimate of drug-likeness (QED) is 0.258. The highest BCUT2D eigenvalue weighted by atomic mass is 16.5. The molecule has 3 N–H and O–H groups in total. The second-order valence-electron chi connectivity index (χ2n) is 9.59. The van der Waals surface area contributed by atoms with Crippen LogP contribution in [-0.4, -0.2) is 55.6 Å². The fourth-order valence-electron chi connectivity index (χ4n) is 4.71. The van der Waals surface area contributed by atoms with Gasteiger partial charge < -0.3 is 25.7 Å². The van der Waals surface area contributed by atoms with Crippen molar-refractivity contribution >= 4 is 17.8 Å². The van der Waals surface area contributed by atoms with Gasteiger partial charge in [0.1, 0.15) is 6.04 Å². The number of morpholine rings is 1. The van der Waals surface area contributed by atoms with E-state index < -0.39 is 17.9 Å². The van der Waals surface area contributed by atoms with Gasteiger partial charge in [-0.25, -0.2) is 4.79 Å². The molecule has 2 aromatic carbocycles. The molecular weight excluding hydrogens is 500 g/mol. The molecule has 2 amide bonds. The van der Waals surface area contributed by atoms with E-state index in [0.717, 1.165) is 27.0 Å². The van der Waals surface area contributed by atoms with Crippen molar-refractivity contribution in [2.24, 2.45) is 5.73 Å². The Kier molecular flexibility index (Phi) is 8.58. The van der Waals surface area contributed by atoms with E-state index in [-0.39, 0.29) is 18.6 Å². The minimum Gasteiger partial charge on any atom is -0.619 e.